The van der Waals surface area contributed by atoms with Crippen LogP contribution in [0.2, 0.25) is 0 Å². The van der Waals surface area contributed by atoms with Crippen LogP contribution in [0.25, 0.3) is 0 Å². The Labute approximate surface area is 93.6 Å². The van der Waals surface area contributed by atoms with Crippen LogP contribution in [0.5, 0.6) is 0 Å². The van der Waals surface area contributed by atoms with Gasteiger partial charge in [-0.3, -0.25) is 11.2 Å². The Balaban J connectivity index is 0. The zero-order valence-corrected chi connectivity index (χ0v) is 9.52. The number of unbranched alkanes of at least 4 members (excludes halogenated alkanes) is 2. The van der Waals surface area contributed by atoms with Crippen LogP contribution in [0.3, 0.4) is 0 Å². The maximum atomic E-state index is 11.1. The maximum Gasteiger partial charge on any atom is 1.00 e. The van der Waals surface area contributed by atoms with E-state index in [2.05, 4.69) is 6.92 Å². The van der Waals surface area contributed by atoms with E-state index in [4.69, 9.17) is 4.74 Å². The first-order valence-corrected chi connectivity index (χ1v) is 4.52. The second-order valence-electron chi connectivity index (χ2n) is 3.88. The van der Waals surface area contributed by atoms with Crippen molar-refractivity contribution in [2.45, 2.75) is 52.6 Å². The molecular formula is C10H19LiO2. The average Bonchev–Trinajstić information content (AvgIpc) is 1.84. The molecule has 72 valence electrons. The molecular weight excluding hydrogens is 159 g/mol. The van der Waals surface area contributed by atoms with Gasteiger partial charge in [0.1, 0.15) is 5.60 Å². The molecule has 0 heterocycles. The minimum absolute atomic E-state index is 0. The van der Waals surface area contributed by atoms with Gasteiger partial charge in [0, 0.05) is 0 Å². The predicted molar refractivity (Wildman–Crippen MR) is 49.7 cm³/mol. The van der Waals surface area contributed by atoms with Crippen molar-refractivity contribution in [3.05, 3.63) is 6.42 Å². The van der Waals surface area contributed by atoms with Crippen molar-refractivity contribution in [1.29, 1.82) is 0 Å². The van der Waals surface area contributed by atoms with Gasteiger partial charge in [0.05, 0.1) is 0 Å². The van der Waals surface area contributed by atoms with E-state index in [9.17, 15) is 4.79 Å². The number of hydrogen-bond donors (Lipinski definition) is 0. The van der Waals surface area contributed by atoms with E-state index in [1.807, 2.05) is 20.8 Å². The first kappa shape index (κ1) is 15.4. The number of carbonyl (C=O) groups is 1. The average molecular weight is 178 g/mol. The van der Waals surface area contributed by atoms with Gasteiger partial charge < -0.3 is 4.74 Å². The molecule has 0 aliphatic heterocycles. The smallest absolute Gasteiger partial charge is 0.483 e. The fourth-order valence-corrected chi connectivity index (χ4v) is 0.767. The first-order chi connectivity index (χ1) is 5.45. The quantitative estimate of drug-likeness (QED) is 0.256. The van der Waals surface area contributed by atoms with E-state index < -0.39 is 0 Å². The van der Waals surface area contributed by atoms with Crippen LogP contribution in [0, 0.1) is 6.42 Å². The third-order valence-electron chi connectivity index (χ3n) is 1.28. The third kappa shape index (κ3) is 11.9. The van der Waals surface area contributed by atoms with Gasteiger partial charge in [0.15, 0.2) is 5.97 Å². The summed E-state index contributed by atoms with van der Waals surface area (Å²) < 4.78 is 5.09. The summed E-state index contributed by atoms with van der Waals surface area (Å²) in [4.78, 5) is 11.1. The Kier molecular flexibility index (Phi) is 8.72. The minimum atomic E-state index is -0.361. The van der Waals surface area contributed by atoms with Gasteiger partial charge in [0.25, 0.3) is 0 Å². The monoisotopic (exact) mass is 178 g/mol. The maximum absolute atomic E-state index is 11.1. The van der Waals surface area contributed by atoms with Gasteiger partial charge in [-0.25, -0.2) is 0 Å². The molecule has 13 heavy (non-hydrogen) atoms. The molecule has 0 unspecified atom stereocenters. The third-order valence-corrected chi connectivity index (χ3v) is 1.28. The summed E-state index contributed by atoms with van der Waals surface area (Å²) in [5, 5.41) is 0. The van der Waals surface area contributed by atoms with Crippen molar-refractivity contribution >= 4 is 5.97 Å². The number of hydrogen-bond acceptors (Lipinski definition) is 2. The second kappa shape index (κ2) is 7.35. The van der Waals surface area contributed by atoms with Crippen LogP contribution in [0.4, 0.5) is 0 Å². The van der Waals surface area contributed by atoms with Gasteiger partial charge in [-0.05, 0) is 20.8 Å². The van der Waals surface area contributed by atoms with E-state index in [-0.39, 0.29) is 30.4 Å². The number of rotatable bonds is 4. The molecule has 0 radical (unpaired) electrons. The summed E-state index contributed by atoms with van der Waals surface area (Å²) in [7, 11) is 0. The van der Waals surface area contributed by atoms with E-state index in [0.717, 1.165) is 19.3 Å². The standard InChI is InChI=1S/C10H19O2.Li/c1-5-6-7-8-9(11)12-10(2,3)4;/h8H,5-7H2,1-4H3;/q-1;+1. The van der Waals surface area contributed by atoms with E-state index in [1.54, 1.807) is 6.42 Å². The zero-order valence-electron chi connectivity index (χ0n) is 9.52. The summed E-state index contributed by atoms with van der Waals surface area (Å²) in [6, 6.07) is 0. The van der Waals surface area contributed by atoms with E-state index in [0.29, 0.717) is 0 Å². The zero-order chi connectivity index (χ0) is 9.61. The summed E-state index contributed by atoms with van der Waals surface area (Å²) in [5.41, 5.74) is -0.361. The first-order valence-electron chi connectivity index (χ1n) is 4.52. The summed E-state index contributed by atoms with van der Waals surface area (Å²) in [6.45, 7) is 7.72. The molecule has 0 amide bonds. The van der Waals surface area contributed by atoms with Crippen LogP contribution >= 0.6 is 0 Å². The fourth-order valence-electron chi connectivity index (χ4n) is 0.767. The Morgan fingerprint density at radius 2 is 1.92 bits per heavy atom. The Hall–Kier alpha value is -0.0626. The molecule has 0 bridgehead atoms. The van der Waals surface area contributed by atoms with Crippen molar-refractivity contribution < 1.29 is 28.4 Å². The SMILES string of the molecule is CCCC[CH-]C(=O)OC(C)(C)C.[Li+]. The van der Waals surface area contributed by atoms with Gasteiger partial charge in [0.2, 0.25) is 0 Å². The van der Waals surface area contributed by atoms with Gasteiger partial charge in [-0.15, -0.1) is 0 Å². The topological polar surface area (TPSA) is 26.3 Å². The van der Waals surface area contributed by atoms with Crippen molar-refractivity contribution in [2.75, 3.05) is 0 Å². The van der Waals surface area contributed by atoms with Crippen LogP contribution in [0.15, 0.2) is 0 Å². The Bertz CT molecular complexity index is 138. The molecule has 0 atom stereocenters. The summed E-state index contributed by atoms with van der Waals surface area (Å²) in [5.74, 6) is -0.198. The molecule has 0 aromatic rings. The van der Waals surface area contributed by atoms with Crippen LogP contribution < -0.4 is 18.9 Å². The molecule has 0 saturated heterocycles. The molecule has 0 rings (SSSR count). The van der Waals surface area contributed by atoms with Crippen LogP contribution in [0.1, 0.15) is 47.0 Å². The summed E-state index contributed by atoms with van der Waals surface area (Å²) in [6.07, 6.45) is 4.61. The van der Waals surface area contributed by atoms with Gasteiger partial charge in [-0.2, -0.15) is 6.42 Å². The predicted octanol–water partition coefficient (Wildman–Crippen LogP) is -0.273. The second-order valence-corrected chi connectivity index (χ2v) is 3.88. The molecule has 0 fully saturated rings. The van der Waals surface area contributed by atoms with Crippen molar-refractivity contribution in [3.63, 3.8) is 0 Å². The van der Waals surface area contributed by atoms with Crippen molar-refractivity contribution in [2.24, 2.45) is 0 Å². The number of esters is 1. The van der Waals surface area contributed by atoms with Crippen molar-refractivity contribution in [3.8, 4) is 0 Å². The summed E-state index contributed by atoms with van der Waals surface area (Å²) >= 11 is 0. The molecule has 0 aromatic heterocycles. The van der Waals surface area contributed by atoms with E-state index >= 15 is 0 Å². The van der Waals surface area contributed by atoms with Crippen LogP contribution in [-0.2, 0) is 9.53 Å². The molecule has 0 aromatic carbocycles. The molecule has 0 aliphatic carbocycles. The molecule has 0 saturated carbocycles. The van der Waals surface area contributed by atoms with E-state index in [1.165, 1.54) is 0 Å². The minimum Gasteiger partial charge on any atom is -0.483 e. The largest absolute Gasteiger partial charge is 1.00 e. The van der Waals surface area contributed by atoms with Crippen molar-refractivity contribution in [1.82, 2.24) is 0 Å². The Morgan fingerprint density at radius 1 is 1.38 bits per heavy atom. The molecule has 0 N–H and O–H groups in total. The number of ether oxygens (including phenoxy) is 1. The normalized spacial score (nSPS) is 10.2. The van der Waals surface area contributed by atoms with Gasteiger partial charge >= 0.3 is 18.9 Å². The number of carbonyl (C=O) groups excluding carboxylic acids is 1. The Morgan fingerprint density at radius 3 is 2.31 bits per heavy atom. The molecule has 0 spiro atoms. The molecule has 3 heteroatoms. The van der Waals surface area contributed by atoms with Crippen LogP contribution in [-0.4, -0.2) is 11.6 Å². The molecule has 0 aliphatic rings. The fraction of sp³-hybridized carbons (Fsp3) is 0.800. The molecule has 2 nitrogen and oxygen atoms in total. The van der Waals surface area contributed by atoms with Gasteiger partial charge in [-0.1, -0.05) is 19.8 Å².